The van der Waals surface area contributed by atoms with Crippen molar-refractivity contribution in [1.82, 2.24) is 0 Å². The average Bonchev–Trinajstić information content (AvgIpc) is 2.17. The van der Waals surface area contributed by atoms with Crippen molar-refractivity contribution < 1.29 is 4.74 Å². The summed E-state index contributed by atoms with van der Waals surface area (Å²) in [5.74, 6) is 0.825. The number of ether oxygens (including phenoxy) is 1. The van der Waals surface area contributed by atoms with Gasteiger partial charge in [0.25, 0.3) is 0 Å². The van der Waals surface area contributed by atoms with E-state index in [-0.39, 0.29) is 5.54 Å². The van der Waals surface area contributed by atoms with Crippen LogP contribution >= 0.6 is 0 Å². The van der Waals surface area contributed by atoms with Crippen molar-refractivity contribution in [3.63, 3.8) is 0 Å². The van der Waals surface area contributed by atoms with Crippen LogP contribution in [-0.4, -0.2) is 15.2 Å². The van der Waals surface area contributed by atoms with Gasteiger partial charge in [0.2, 0.25) is 0 Å². The van der Waals surface area contributed by atoms with Crippen molar-refractivity contribution in [2.45, 2.75) is 25.2 Å². The lowest BCUT2D eigenvalue weighted by atomic mass is 10.1. The normalized spacial score (nSPS) is 13.0. The molecule has 1 rings (SSSR count). The topological polar surface area (TPSA) is 33.0 Å². The van der Waals surface area contributed by atoms with Gasteiger partial charge in [-0.3, -0.25) is 0 Å². The number of benzene rings is 1. The highest BCUT2D eigenvalue weighted by Crippen LogP contribution is 2.32. The quantitative estimate of drug-likeness (QED) is 0.731. The first-order valence-electron chi connectivity index (χ1n) is 5.03. The van der Waals surface area contributed by atoms with Gasteiger partial charge in [0.1, 0.15) is 5.75 Å². The molecule has 0 aliphatic carbocycles. The molecule has 0 aliphatic rings. The monoisotopic (exact) mass is 219 g/mol. The molecule has 0 fully saturated rings. The number of methoxy groups -OCH3 is 1. The van der Waals surface area contributed by atoms with E-state index < -0.39 is 8.07 Å². The lowest BCUT2D eigenvalue weighted by Gasteiger charge is -2.24. The molecular weight excluding hydrogens is 202 g/mol. The maximum Gasteiger partial charge on any atom is 0.123 e. The third-order valence-electron chi connectivity index (χ3n) is 2.45. The van der Waals surface area contributed by atoms with E-state index in [4.69, 9.17) is 4.74 Å². The second-order valence-electron chi connectivity index (χ2n) is 4.67. The molecule has 0 saturated carbocycles. The van der Waals surface area contributed by atoms with Gasteiger partial charge in [-0.05, 0) is 6.07 Å². The molecule has 0 N–H and O–H groups in total. The molecule has 1 aromatic carbocycles. The molecule has 0 amide bonds. The summed E-state index contributed by atoms with van der Waals surface area (Å²) >= 11 is 0. The minimum Gasteiger partial charge on any atom is -0.496 e. The molecular formula is C12H17NOSi. The maximum atomic E-state index is 9.26. The Morgan fingerprint density at radius 3 is 2.33 bits per heavy atom. The number of nitriles is 1. The molecule has 0 aliphatic heterocycles. The highest BCUT2D eigenvalue weighted by Gasteiger charge is 2.30. The van der Waals surface area contributed by atoms with Crippen LogP contribution in [0.15, 0.2) is 24.3 Å². The van der Waals surface area contributed by atoms with Gasteiger partial charge in [-0.1, -0.05) is 37.8 Å². The molecule has 1 atom stereocenters. The minimum atomic E-state index is -1.52. The third-order valence-corrected chi connectivity index (χ3v) is 4.62. The van der Waals surface area contributed by atoms with E-state index in [1.807, 2.05) is 24.3 Å². The van der Waals surface area contributed by atoms with E-state index in [1.54, 1.807) is 7.11 Å². The van der Waals surface area contributed by atoms with Gasteiger partial charge in [0.05, 0.1) is 26.8 Å². The van der Waals surface area contributed by atoms with Gasteiger partial charge in [-0.15, -0.1) is 0 Å². The van der Waals surface area contributed by atoms with E-state index in [2.05, 4.69) is 25.7 Å². The Bertz CT molecular complexity index is 376. The van der Waals surface area contributed by atoms with Crippen molar-refractivity contribution in [3.05, 3.63) is 29.8 Å². The predicted octanol–water partition coefficient (Wildman–Crippen LogP) is 3.18. The lowest BCUT2D eigenvalue weighted by Crippen LogP contribution is -2.30. The van der Waals surface area contributed by atoms with Crippen LogP contribution < -0.4 is 4.74 Å². The Balaban J connectivity index is 3.20. The van der Waals surface area contributed by atoms with Crippen LogP contribution in [0.3, 0.4) is 0 Å². The molecule has 2 nitrogen and oxygen atoms in total. The Hall–Kier alpha value is -1.27. The number of rotatable bonds is 3. The summed E-state index contributed by atoms with van der Waals surface area (Å²) in [6, 6.07) is 10.2. The molecule has 15 heavy (non-hydrogen) atoms. The summed E-state index contributed by atoms with van der Waals surface area (Å²) in [5.41, 5.74) is 1.02. The second-order valence-corrected chi connectivity index (χ2v) is 9.98. The molecule has 0 bridgehead atoms. The number of nitrogens with zero attached hydrogens (tertiary/aromatic N) is 1. The fraction of sp³-hybridized carbons (Fsp3) is 0.417. The van der Waals surface area contributed by atoms with E-state index in [9.17, 15) is 5.26 Å². The maximum absolute atomic E-state index is 9.26. The van der Waals surface area contributed by atoms with E-state index in [1.165, 1.54) is 0 Å². The first kappa shape index (κ1) is 11.8. The van der Waals surface area contributed by atoms with Crippen LogP contribution in [0.25, 0.3) is 0 Å². The Morgan fingerprint density at radius 2 is 1.87 bits per heavy atom. The largest absolute Gasteiger partial charge is 0.496 e. The van der Waals surface area contributed by atoms with Crippen molar-refractivity contribution in [1.29, 1.82) is 5.26 Å². The van der Waals surface area contributed by atoms with E-state index >= 15 is 0 Å². The fourth-order valence-corrected chi connectivity index (χ4v) is 3.19. The molecule has 0 spiro atoms. The van der Waals surface area contributed by atoms with Crippen LogP contribution in [0.2, 0.25) is 19.6 Å². The number of para-hydroxylation sites is 1. The molecule has 0 aromatic heterocycles. The van der Waals surface area contributed by atoms with Crippen LogP contribution in [0, 0.1) is 11.3 Å². The van der Waals surface area contributed by atoms with Crippen LogP contribution in [0.4, 0.5) is 0 Å². The van der Waals surface area contributed by atoms with Crippen molar-refractivity contribution in [2.75, 3.05) is 7.11 Å². The smallest absolute Gasteiger partial charge is 0.123 e. The van der Waals surface area contributed by atoms with Gasteiger partial charge >= 0.3 is 0 Å². The lowest BCUT2D eigenvalue weighted by molar-refractivity contribution is 0.410. The molecule has 3 heteroatoms. The molecule has 0 radical (unpaired) electrons. The first-order chi connectivity index (χ1) is 7.00. The van der Waals surface area contributed by atoms with Gasteiger partial charge in [0, 0.05) is 5.56 Å². The van der Waals surface area contributed by atoms with Crippen molar-refractivity contribution in [2.24, 2.45) is 0 Å². The third kappa shape index (κ3) is 2.60. The Morgan fingerprint density at radius 1 is 1.27 bits per heavy atom. The first-order valence-corrected chi connectivity index (χ1v) is 8.61. The van der Waals surface area contributed by atoms with Gasteiger partial charge < -0.3 is 4.74 Å². The van der Waals surface area contributed by atoms with Gasteiger partial charge in [-0.25, -0.2) is 0 Å². The van der Waals surface area contributed by atoms with E-state index in [0.29, 0.717) is 0 Å². The highest BCUT2D eigenvalue weighted by atomic mass is 28.3. The van der Waals surface area contributed by atoms with Crippen LogP contribution in [0.5, 0.6) is 5.75 Å². The fourth-order valence-electron chi connectivity index (χ4n) is 1.63. The minimum absolute atomic E-state index is 0.00588. The molecule has 1 unspecified atom stereocenters. The zero-order chi connectivity index (χ0) is 11.5. The Kier molecular flexibility index (Phi) is 3.54. The Labute approximate surface area is 92.5 Å². The van der Waals surface area contributed by atoms with Crippen molar-refractivity contribution in [3.8, 4) is 11.8 Å². The number of hydrogen-bond donors (Lipinski definition) is 0. The zero-order valence-electron chi connectivity index (χ0n) is 9.74. The molecule has 80 valence electrons. The zero-order valence-corrected chi connectivity index (χ0v) is 10.7. The average molecular weight is 219 g/mol. The van der Waals surface area contributed by atoms with Gasteiger partial charge in [-0.2, -0.15) is 5.26 Å². The van der Waals surface area contributed by atoms with E-state index in [0.717, 1.165) is 11.3 Å². The summed E-state index contributed by atoms with van der Waals surface area (Å²) in [7, 11) is 0.134. The summed E-state index contributed by atoms with van der Waals surface area (Å²) in [4.78, 5) is 0. The van der Waals surface area contributed by atoms with Crippen LogP contribution in [-0.2, 0) is 0 Å². The summed E-state index contributed by atoms with van der Waals surface area (Å²) in [5, 5.41) is 9.26. The van der Waals surface area contributed by atoms with Crippen LogP contribution in [0.1, 0.15) is 11.1 Å². The SMILES string of the molecule is COc1ccccc1C(C#N)[Si](C)(C)C. The summed E-state index contributed by atoms with van der Waals surface area (Å²) < 4.78 is 5.29. The highest BCUT2D eigenvalue weighted by molar-refractivity contribution is 6.78. The number of hydrogen-bond acceptors (Lipinski definition) is 2. The molecule has 0 saturated heterocycles. The molecule has 0 heterocycles. The summed E-state index contributed by atoms with van der Waals surface area (Å²) in [6.45, 7) is 6.61. The standard InChI is InChI=1S/C12H17NOSi/c1-14-11-8-6-5-7-10(11)12(9-13)15(2,3)4/h5-8,12H,1-4H3. The van der Waals surface area contributed by atoms with Crippen molar-refractivity contribution >= 4 is 8.07 Å². The van der Waals surface area contributed by atoms with Gasteiger partial charge in [0.15, 0.2) is 0 Å². The second kappa shape index (κ2) is 4.50. The summed E-state index contributed by atoms with van der Waals surface area (Å²) in [6.07, 6.45) is 0. The molecule has 1 aromatic rings. The predicted molar refractivity (Wildman–Crippen MR) is 64.7 cm³/mol.